The van der Waals surface area contributed by atoms with E-state index in [2.05, 4.69) is 20.9 Å². The monoisotopic (exact) mass is 309 g/mol. The van der Waals surface area contributed by atoms with Crippen molar-refractivity contribution in [2.24, 2.45) is 0 Å². The van der Waals surface area contributed by atoms with Crippen LogP contribution in [0, 0.1) is 0 Å². The lowest BCUT2D eigenvalue weighted by Crippen LogP contribution is -2.32. The lowest BCUT2D eigenvalue weighted by molar-refractivity contribution is 0.0698. The molecule has 3 N–H and O–H groups in total. The van der Waals surface area contributed by atoms with Crippen LogP contribution < -0.4 is 10.6 Å². The zero-order valence-electron chi connectivity index (χ0n) is 10.8. The summed E-state index contributed by atoms with van der Waals surface area (Å²) in [5.74, 6) is -1.15. The van der Waals surface area contributed by atoms with E-state index >= 15 is 0 Å². The van der Waals surface area contributed by atoms with E-state index in [1.165, 1.54) is 24.4 Å². The number of rotatable bonds is 5. The number of nitrogens with one attached hydrogen (secondary N) is 2. The molecule has 0 aliphatic heterocycles. The zero-order chi connectivity index (χ0) is 15.2. The molecule has 0 atom stereocenters. The first kappa shape index (κ1) is 14.8. The Kier molecular flexibility index (Phi) is 4.72. The summed E-state index contributed by atoms with van der Waals surface area (Å²) < 4.78 is 1.56. The Morgan fingerprint density at radius 3 is 2.86 bits per heavy atom. The van der Waals surface area contributed by atoms with E-state index in [-0.39, 0.29) is 11.3 Å². The summed E-state index contributed by atoms with van der Waals surface area (Å²) in [5.41, 5.74) is 0.0964. The zero-order valence-corrected chi connectivity index (χ0v) is 11.5. The van der Waals surface area contributed by atoms with Crippen LogP contribution in [0.4, 0.5) is 10.5 Å². The van der Waals surface area contributed by atoms with Crippen molar-refractivity contribution in [3.8, 4) is 0 Å². The molecule has 0 fully saturated rings. The Hall–Kier alpha value is -2.61. The normalized spacial score (nSPS) is 10.1. The number of carboxylic acids is 1. The van der Waals surface area contributed by atoms with E-state index in [1.54, 1.807) is 10.9 Å². The minimum atomic E-state index is -1.15. The van der Waals surface area contributed by atoms with Gasteiger partial charge in [-0.1, -0.05) is 16.8 Å². The quantitative estimate of drug-likeness (QED) is 0.774. The van der Waals surface area contributed by atoms with Crippen LogP contribution in [-0.4, -0.2) is 38.6 Å². The second-order valence-corrected chi connectivity index (χ2v) is 4.48. The van der Waals surface area contributed by atoms with Gasteiger partial charge in [-0.25, -0.2) is 9.59 Å². The maximum absolute atomic E-state index is 11.7. The Balaban J connectivity index is 1.93. The Morgan fingerprint density at radius 2 is 2.19 bits per heavy atom. The number of halogens is 1. The average Bonchev–Trinajstić information content (AvgIpc) is 2.91. The first-order valence-electron chi connectivity index (χ1n) is 5.98. The number of carboxylic acid groups (broad SMARTS) is 1. The van der Waals surface area contributed by atoms with Gasteiger partial charge in [-0.3, -0.25) is 4.68 Å². The molecular weight excluding hydrogens is 298 g/mol. The number of aromatic carboxylic acids is 1. The molecule has 0 aliphatic carbocycles. The second-order valence-electron chi connectivity index (χ2n) is 4.04. The van der Waals surface area contributed by atoms with E-state index in [1.807, 2.05) is 0 Å². The average molecular weight is 310 g/mol. The number of hydrogen-bond donors (Lipinski definition) is 3. The summed E-state index contributed by atoms with van der Waals surface area (Å²) >= 11 is 5.79. The molecule has 1 aromatic carbocycles. The van der Waals surface area contributed by atoms with Crippen LogP contribution in [0.15, 0.2) is 30.6 Å². The van der Waals surface area contributed by atoms with Crippen LogP contribution in [0.25, 0.3) is 0 Å². The highest BCUT2D eigenvalue weighted by molar-refractivity contribution is 6.31. The molecule has 0 spiro atoms. The fourth-order valence-electron chi connectivity index (χ4n) is 1.61. The molecule has 1 aromatic heterocycles. The predicted octanol–water partition coefficient (Wildman–Crippen LogP) is 1.45. The summed E-state index contributed by atoms with van der Waals surface area (Å²) in [6, 6.07) is 3.62. The van der Waals surface area contributed by atoms with Crippen LogP contribution in [0.5, 0.6) is 0 Å². The third kappa shape index (κ3) is 4.18. The molecule has 21 heavy (non-hydrogen) atoms. The minimum Gasteiger partial charge on any atom is -0.478 e. The summed E-state index contributed by atoms with van der Waals surface area (Å²) in [4.78, 5) is 22.8. The van der Waals surface area contributed by atoms with Gasteiger partial charge in [-0.05, 0) is 18.2 Å². The van der Waals surface area contributed by atoms with Crippen LogP contribution in [0.1, 0.15) is 10.4 Å². The summed E-state index contributed by atoms with van der Waals surface area (Å²) in [6.07, 6.45) is 3.20. The van der Waals surface area contributed by atoms with Crippen molar-refractivity contribution in [3.63, 3.8) is 0 Å². The first-order chi connectivity index (χ1) is 10.1. The van der Waals surface area contributed by atoms with Crippen molar-refractivity contribution in [2.75, 3.05) is 11.9 Å². The number of aromatic nitrogens is 3. The maximum Gasteiger partial charge on any atom is 0.337 e. The Morgan fingerprint density at radius 1 is 1.38 bits per heavy atom. The van der Waals surface area contributed by atoms with E-state index in [0.29, 0.717) is 18.1 Å². The van der Waals surface area contributed by atoms with Crippen molar-refractivity contribution in [3.05, 3.63) is 41.2 Å². The lowest BCUT2D eigenvalue weighted by atomic mass is 10.2. The highest BCUT2D eigenvalue weighted by Gasteiger charge is 2.12. The largest absolute Gasteiger partial charge is 0.478 e. The Labute approximate surface area is 124 Å². The van der Waals surface area contributed by atoms with Gasteiger partial charge in [0.1, 0.15) is 0 Å². The highest BCUT2D eigenvalue weighted by atomic mass is 35.5. The number of anilines is 1. The molecule has 0 saturated carbocycles. The van der Waals surface area contributed by atoms with Crippen molar-refractivity contribution in [1.29, 1.82) is 0 Å². The topological polar surface area (TPSA) is 109 Å². The molecule has 2 amide bonds. The predicted molar refractivity (Wildman–Crippen MR) is 75.5 cm³/mol. The molecule has 9 heteroatoms. The Bertz CT molecular complexity index is 644. The van der Waals surface area contributed by atoms with Gasteiger partial charge in [0.15, 0.2) is 0 Å². The van der Waals surface area contributed by atoms with E-state index in [4.69, 9.17) is 16.7 Å². The maximum atomic E-state index is 11.7. The number of carbonyl (C=O) groups excluding carboxylic acids is 1. The SMILES string of the molecule is O=C(NCCn1ccnn1)Nc1cc(Cl)ccc1C(=O)O. The molecule has 2 aromatic rings. The molecule has 110 valence electrons. The van der Waals surface area contributed by atoms with Gasteiger partial charge in [0, 0.05) is 17.8 Å². The van der Waals surface area contributed by atoms with Gasteiger partial charge in [0.25, 0.3) is 0 Å². The molecule has 2 rings (SSSR count). The number of hydrogen-bond acceptors (Lipinski definition) is 4. The summed E-state index contributed by atoms with van der Waals surface area (Å²) in [6.45, 7) is 0.771. The number of carbonyl (C=O) groups is 2. The third-order valence-electron chi connectivity index (χ3n) is 2.56. The number of benzene rings is 1. The van der Waals surface area contributed by atoms with Gasteiger partial charge >= 0.3 is 12.0 Å². The van der Waals surface area contributed by atoms with Gasteiger partial charge in [0.05, 0.1) is 24.0 Å². The van der Waals surface area contributed by atoms with Gasteiger partial charge in [0.2, 0.25) is 0 Å². The van der Waals surface area contributed by atoms with E-state index < -0.39 is 12.0 Å². The molecule has 0 bridgehead atoms. The van der Waals surface area contributed by atoms with E-state index in [9.17, 15) is 9.59 Å². The van der Waals surface area contributed by atoms with Crippen LogP contribution >= 0.6 is 11.6 Å². The molecular formula is C12H12ClN5O3. The van der Waals surface area contributed by atoms with Gasteiger partial charge in [-0.15, -0.1) is 5.10 Å². The number of nitrogens with zero attached hydrogens (tertiary/aromatic N) is 3. The van der Waals surface area contributed by atoms with Crippen LogP contribution in [0.3, 0.4) is 0 Å². The van der Waals surface area contributed by atoms with Crippen LogP contribution in [-0.2, 0) is 6.54 Å². The first-order valence-corrected chi connectivity index (χ1v) is 6.36. The fourth-order valence-corrected chi connectivity index (χ4v) is 1.78. The number of urea groups is 1. The smallest absolute Gasteiger partial charge is 0.337 e. The molecule has 0 aliphatic rings. The molecule has 8 nitrogen and oxygen atoms in total. The standard InChI is InChI=1S/C12H12ClN5O3/c13-8-1-2-9(11(19)20)10(7-8)16-12(21)14-3-5-18-6-4-15-17-18/h1-2,4,6-7H,3,5H2,(H,19,20)(H2,14,16,21). The van der Waals surface area contributed by atoms with Crippen molar-refractivity contribution < 1.29 is 14.7 Å². The van der Waals surface area contributed by atoms with Crippen LogP contribution in [0.2, 0.25) is 5.02 Å². The molecule has 0 unspecified atom stereocenters. The fraction of sp³-hybridized carbons (Fsp3) is 0.167. The van der Waals surface area contributed by atoms with Crippen molar-refractivity contribution >= 4 is 29.3 Å². The minimum absolute atomic E-state index is 0.0363. The summed E-state index contributed by atoms with van der Waals surface area (Å²) in [5, 5.41) is 21.8. The second kappa shape index (κ2) is 6.71. The molecule has 0 saturated heterocycles. The molecule has 1 heterocycles. The van der Waals surface area contributed by atoms with Crippen molar-refractivity contribution in [1.82, 2.24) is 20.3 Å². The van der Waals surface area contributed by atoms with E-state index in [0.717, 1.165) is 0 Å². The molecule has 0 radical (unpaired) electrons. The van der Waals surface area contributed by atoms with Gasteiger partial charge in [-0.2, -0.15) is 0 Å². The van der Waals surface area contributed by atoms with Gasteiger partial charge < -0.3 is 15.7 Å². The third-order valence-corrected chi connectivity index (χ3v) is 2.79. The highest BCUT2D eigenvalue weighted by Crippen LogP contribution is 2.21. The van der Waals surface area contributed by atoms with Crippen molar-refractivity contribution in [2.45, 2.75) is 6.54 Å². The number of amides is 2. The summed E-state index contributed by atoms with van der Waals surface area (Å²) in [7, 11) is 0. The lowest BCUT2D eigenvalue weighted by Gasteiger charge is -2.10.